The molecule has 0 spiro atoms. The van der Waals surface area contributed by atoms with Gasteiger partial charge in [-0.1, -0.05) is 23.2 Å². The van der Waals surface area contributed by atoms with Crippen molar-refractivity contribution in [1.82, 2.24) is 4.31 Å². The Morgan fingerprint density at radius 1 is 1.37 bits per heavy atom. The van der Waals surface area contributed by atoms with Gasteiger partial charge >= 0.3 is 0 Å². The normalized spacial score (nSPS) is 21.5. The number of rotatable bonds is 2. The van der Waals surface area contributed by atoms with Gasteiger partial charge in [-0.05, 0) is 19.1 Å². The summed E-state index contributed by atoms with van der Waals surface area (Å²) in [6.45, 7) is 2.72. The summed E-state index contributed by atoms with van der Waals surface area (Å²) in [5, 5.41) is 0.0632. The number of halogens is 2. The third-order valence-corrected chi connectivity index (χ3v) is 5.61. The maximum absolute atomic E-state index is 12.5. The summed E-state index contributed by atoms with van der Waals surface area (Å²) in [5.74, 6) is 0. The van der Waals surface area contributed by atoms with Gasteiger partial charge in [-0.25, -0.2) is 8.42 Å². The highest BCUT2D eigenvalue weighted by Crippen LogP contribution is 2.34. The lowest BCUT2D eigenvalue weighted by atomic mass is 10.3. The number of nitrogens with two attached hydrogens (primary N) is 1. The summed E-state index contributed by atoms with van der Waals surface area (Å²) in [7, 11) is -3.74. The second-order valence-corrected chi connectivity index (χ2v) is 7.05. The summed E-state index contributed by atoms with van der Waals surface area (Å²) in [6, 6.07) is 2.76. The second-order valence-electron chi connectivity index (χ2n) is 4.36. The van der Waals surface area contributed by atoms with Gasteiger partial charge < -0.3 is 10.5 Å². The highest BCUT2D eigenvalue weighted by atomic mass is 35.5. The van der Waals surface area contributed by atoms with Gasteiger partial charge in [0.15, 0.2) is 0 Å². The van der Waals surface area contributed by atoms with Gasteiger partial charge in [0.2, 0.25) is 10.0 Å². The minimum Gasteiger partial charge on any atom is -0.399 e. The molecule has 1 saturated heterocycles. The molecule has 1 fully saturated rings. The molecule has 0 radical (unpaired) electrons. The van der Waals surface area contributed by atoms with Crippen LogP contribution < -0.4 is 5.73 Å². The molecule has 0 aromatic heterocycles. The van der Waals surface area contributed by atoms with Crippen LogP contribution in [0, 0.1) is 0 Å². The zero-order valence-electron chi connectivity index (χ0n) is 10.3. The van der Waals surface area contributed by atoms with Crippen LogP contribution in [0.4, 0.5) is 5.69 Å². The summed E-state index contributed by atoms with van der Waals surface area (Å²) < 4.78 is 31.7. The molecule has 0 saturated carbocycles. The van der Waals surface area contributed by atoms with Crippen molar-refractivity contribution in [2.75, 3.05) is 25.4 Å². The van der Waals surface area contributed by atoms with E-state index in [2.05, 4.69) is 0 Å². The highest BCUT2D eigenvalue weighted by molar-refractivity contribution is 7.89. The standard InChI is InChI=1S/C11H14Cl2N2O3S/c1-7-6-15(2-3-18-7)19(16,17)11-9(12)4-8(14)5-10(11)13/h4-5,7H,2-3,6,14H2,1H3. The van der Waals surface area contributed by atoms with E-state index in [0.717, 1.165) is 0 Å². The molecule has 5 nitrogen and oxygen atoms in total. The summed E-state index contributed by atoms with van der Waals surface area (Å²) in [6.07, 6.45) is -0.158. The van der Waals surface area contributed by atoms with Crippen LogP contribution in [0.15, 0.2) is 17.0 Å². The molecule has 1 aromatic carbocycles. The van der Waals surface area contributed by atoms with Crippen LogP contribution in [-0.2, 0) is 14.8 Å². The van der Waals surface area contributed by atoms with Gasteiger partial charge in [-0.3, -0.25) is 0 Å². The first kappa shape index (κ1) is 14.9. The fourth-order valence-electron chi connectivity index (χ4n) is 1.96. The van der Waals surface area contributed by atoms with E-state index in [-0.39, 0.29) is 34.1 Å². The molecule has 1 aliphatic heterocycles. The summed E-state index contributed by atoms with van der Waals surface area (Å²) in [5.41, 5.74) is 5.90. The van der Waals surface area contributed by atoms with Crippen molar-refractivity contribution in [3.63, 3.8) is 0 Å². The molecular weight excluding hydrogens is 311 g/mol. The van der Waals surface area contributed by atoms with Crippen LogP contribution >= 0.6 is 23.2 Å². The molecule has 0 aliphatic carbocycles. The maximum atomic E-state index is 12.5. The Kier molecular flexibility index (Phi) is 4.27. The van der Waals surface area contributed by atoms with E-state index in [4.69, 9.17) is 33.7 Å². The predicted octanol–water partition coefficient (Wildman–Crippen LogP) is 1.99. The molecule has 1 aliphatic rings. The van der Waals surface area contributed by atoms with Crippen molar-refractivity contribution in [3.05, 3.63) is 22.2 Å². The minimum absolute atomic E-state index is 0.0316. The van der Waals surface area contributed by atoms with Crippen molar-refractivity contribution in [2.24, 2.45) is 0 Å². The van der Waals surface area contributed by atoms with Crippen LogP contribution in [-0.4, -0.2) is 38.5 Å². The van der Waals surface area contributed by atoms with Crippen molar-refractivity contribution < 1.29 is 13.2 Å². The van der Waals surface area contributed by atoms with Crippen LogP contribution in [0.2, 0.25) is 10.0 Å². The first-order valence-electron chi connectivity index (χ1n) is 5.68. The first-order valence-corrected chi connectivity index (χ1v) is 7.88. The lowest BCUT2D eigenvalue weighted by Gasteiger charge is -2.30. The van der Waals surface area contributed by atoms with E-state index in [1.807, 2.05) is 6.92 Å². The zero-order chi connectivity index (χ0) is 14.2. The smallest absolute Gasteiger partial charge is 0.246 e. The number of hydrogen-bond donors (Lipinski definition) is 1. The number of morpholine rings is 1. The fraction of sp³-hybridized carbons (Fsp3) is 0.455. The Labute approximate surface area is 122 Å². The molecular formula is C11H14Cl2N2O3S. The quantitative estimate of drug-likeness (QED) is 0.844. The van der Waals surface area contributed by atoms with Crippen LogP contribution in [0.1, 0.15) is 6.92 Å². The van der Waals surface area contributed by atoms with Crippen LogP contribution in [0.25, 0.3) is 0 Å². The van der Waals surface area contributed by atoms with Crippen molar-refractivity contribution in [2.45, 2.75) is 17.9 Å². The Morgan fingerprint density at radius 3 is 2.47 bits per heavy atom. The Bertz CT molecular complexity index is 569. The third kappa shape index (κ3) is 2.98. The predicted molar refractivity (Wildman–Crippen MR) is 75.0 cm³/mol. The Balaban J connectivity index is 2.45. The van der Waals surface area contributed by atoms with Crippen molar-refractivity contribution >= 4 is 38.9 Å². The monoisotopic (exact) mass is 324 g/mol. The molecule has 2 rings (SSSR count). The van der Waals surface area contributed by atoms with Crippen LogP contribution in [0.5, 0.6) is 0 Å². The number of ether oxygens (including phenoxy) is 1. The van der Waals surface area contributed by atoms with Gasteiger partial charge in [-0.15, -0.1) is 0 Å². The number of nitrogen functional groups attached to an aromatic ring is 1. The lowest BCUT2D eigenvalue weighted by molar-refractivity contribution is 0.0102. The molecule has 0 amide bonds. The van der Waals surface area contributed by atoms with E-state index in [1.54, 1.807) is 0 Å². The fourth-order valence-corrected chi connectivity index (χ4v) is 4.64. The zero-order valence-corrected chi connectivity index (χ0v) is 12.6. The summed E-state index contributed by atoms with van der Waals surface area (Å²) >= 11 is 11.9. The van der Waals surface area contributed by atoms with E-state index in [9.17, 15) is 8.42 Å². The number of benzene rings is 1. The third-order valence-electron chi connectivity index (χ3n) is 2.82. The molecule has 1 atom stereocenters. The van der Waals surface area contributed by atoms with Crippen LogP contribution in [0.3, 0.4) is 0 Å². The van der Waals surface area contributed by atoms with Gasteiger partial charge in [0.1, 0.15) is 4.90 Å². The van der Waals surface area contributed by atoms with Gasteiger partial charge in [0, 0.05) is 18.8 Å². The first-order chi connectivity index (χ1) is 8.82. The molecule has 1 aromatic rings. The van der Waals surface area contributed by atoms with Gasteiger partial charge in [0.05, 0.1) is 22.8 Å². The molecule has 1 heterocycles. The number of sulfonamides is 1. The molecule has 1 unspecified atom stereocenters. The highest BCUT2D eigenvalue weighted by Gasteiger charge is 2.32. The Morgan fingerprint density at radius 2 is 1.95 bits per heavy atom. The van der Waals surface area contributed by atoms with E-state index in [0.29, 0.717) is 12.3 Å². The second kappa shape index (κ2) is 5.46. The minimum atomic E-state index is -3.74. The van der Waals surface area contributed by atoms with Crippen molar-refractivity contribution in [1.29, 1.82) is 0 Å². The van der Waals surface area contributed by atoms with E-state index in [1.165, 1.54) is 16.4 Å². The maximum Gasteiger partial charge on any atom is 0.246 e. The average Bonchev–Trinajstić information content (AvgIpc) is 2.26. The molecule has 2 N–H and O–H groups in total. The number of nitrogens with zero attached hydrogens (tertiary/aromatic N) is 1. The molecule has 0 bridgehead atoms. The average molecular weight is 325 g/mol. The van der Waals surface area contributed by atoms with Gasteiger partial charge in [-0.2, -0.15) is 4.31 Å². The molecule has 106 valence electrons. The number of anilines is 1. The summed E-state index contributed by atoms with van der Waals surface area (Å²) in [4.78, 5) is -0.0980. The lowest BCUT2D eigenvalue weighted by Crippen LogP contribution is -2.44. The Hall–Kier alpha value is -0.530. The molecule has 8 heteroatoms. The number of hydrogen-bond acceptors (Lipinski definition) is 4. The topological polar surface area (TPSA) is 72.6 Å². The van der Waals surface area contributed by atoms with Gasteiger partial charge in [0.25, 0.3) is 0 Å². The van der Waals surface area contributed by atoms with E-state index < -0.39 is 10.0 Å². The molecule has 19 heavy (non-hydrogen) atoms. The SMILES string of the molecule is CC1CN(S(=O)(=O)c2c(Cl)cc(N)cc2Cl)CCO1. The van der Waals surface area contributed by atoms with Crippen molar-refractivity contribution in [3.8, 4) is 0 Å². The largest absolute Gasteiger partial charge is 0.399 e. The van der Waals surface area contributed by atoms with E-state index >= 15 is 0 Å².